The molecule has 0 saturated heterocycles. The number of rotatable bonds is 3. The first-order chi connectivity index (χ1) is 9.38. The van der Waals surface area contributed by atoms with Crippen LogP contribution in [-0.4, -0.2) is 19.9 Å². The number of hydrogen-bond acceptors (Lipinski definition) is 5. The molecule has 0 fully saturated rings. The van der Waals surface area contributed by atoms with Crippen LogP contribution in [0.5, 0.6) is 0 Å². The normalized spacial score (nSPS) is 17.2. The minimum Gasteiger partial charge on any atom is -0.290 e. The molecule has 0 atom stereocenters. The van der Waals surface area contributed by atoms with Gasteiger partial charge in [0.1, 0.15) is 10.6 Å². The number of carbonyl (C=O) groups excluding carboxylic acids is 1. The van der Waals surface area contributed by atoms with Crippen molar-refractivity contribution in [1.82, 2.24) is 0 Å². The van der Waals surface area contributed by atoms with Crippen molar-refractivity contribution in [2.45, 2.75) is 11.8 Å². The highest BCUT2D eigenvalue weighted by Gasteiger charge is 2.16. The molecule has 1 aromatic carbocycles. The van der Waals surface area contributed by atoms with Crippen LogP contribution in [0, 0.1) is 0 Å². The first-order valence-electron chi connectivity index (χ1n) is 5.56. The van der Waals surface area contributed by atoms with Crippen molar-refractivity contribution in [2.24, 2.45) is 5.16 Å². The van der Waals surface area contributed by atoms with Crippen LogP contribution < -0.4 is 0 Å². The topological polar surface area (TPSA) is 72.8 Å². The number of hydrogen-bond donors (Lipinski definition) is 0. The molecule has 20 heavy (non-hydrogen) atoms. The molecule has 0 unspecified atom stereocenters. The summed E-state index contributed by atoms with van der Waals surface area (Å²) in [6, 6.07) is 5.52. The SMILES string of the molecule is CC1=CC(=O)C=CC1=NOS(=O)(=O)c1ccc(Cl)cc1. The third kappa shape index (κ3) is 3.34. The predicted octanol–water partition coefficient (Wildman–Crippen LogP) is 2.49. The Bertz CT molecular complexity index is 730. The van der Waals surface area contributed by atoms with E-state index in [1.165, 1.54) is 42.5 Å². The van der Waals surface area contributed by atoms with E-state index in [4.69, 9.17) is 11.6 Å². The van der Waals surface area contributed by atoms with Crippen molar-refractivity contribution in [1.29, 1.82) is 0 Å². The smallest absolute Gasteiger partial charge is 0.290 e. The van der Waals surface area contributed by atoms with Gasteiger partial charge in [-0.25, -0.2) is 0 Å². The Kier molecular flexibility index (Phi) is 4.06. The lowest BCUT2D eigenvalue weighted by atomic mass is 10.1. The average molecular weight is 312 g/mol. The molecule has 104 valence electrons. The van der Waals surface area contributed by atoms with Gasteiger partial charge in [-0.05, 0) is 55.0 Å². The standard InChI is InChI=1S/C13H10ClNO4S/c1-9-8-11(16)4-7-13(9)15-19-20(17,18)12-5-2-10(14)3-6-12/h2-8H,1H3. The van der Waals surface area contributed by atoms with Crippen molar-refractivity contribution in [3.05, 3.63) is 53.1 Å². The summed E-state index contributed by atoms with van der Waals surface area (Å²) in [5.41, 5.74) is 0.811. The predicted molar refractivity (Wildman–Crippen MR) is 75.1 cm³/mol. The molecule has 0 aromatic heterocycles. The number of ketones is 1. The lowest BCUT2D eigenvalue weighted by molar-refractivity contribution is -0.110. The van der Waals surface area contributed by atoms with Crippen LogP contribution in [0.3, 0.4) is 0 Å². The molecule has 1 aliphatic rings. The maximum atomic E-state index is 11.9. The van der Waals surface area contributed by atoms with E-state index in [9.17, 15) is 13.2 Å². The Balaban J connectivity index is 2.22. The largest absolute Gasteiger partial charge is 0.358 e. The van der Waals surface area contributed by atoms with Crippen molar-refractivity contribution in [2.75, 3.05) is 0 Å². The summed E-state index contributed by atoms with van der Waals surface area (Å²) in [6.07, 6.45) is 4.02. The molecule has 0 radical (unpaired) electrons. The molecule has 7 heteroatoms. The highest BCUT2D eigenvalue weighted by molar-refractivity contribution is 7.86. The second-order valence-corrected chi connectivity index (χ2v) is 5.99. The van der Waals surface area contributed by atoms with Gasteiger partial charge in [-0.3, -0.25) is 9.08 Å². The van der Waals surface area contributed by atoms with Crippen LogP contribution >= 0.6 is 11.6 Å². The number of carbonyl (C=O) groups is 1. The molecule has 0 bridgehead atoms. The molecule has 0 saturated carbocycles. The van der Waals surface area contributed by atoms with Gasteiger partial charge in [-0.1, -0.05) is 16.8 Å². The molecule has 0 spiro atoms. The second-order valence-electron chi connectivity index (χ2n) is 4.02. The summed E-state index contributed by atoms with van der Waals surface area (Å²) in [5.74, 6) is -0.179. The van der Waals surface area contributed by atoms with Gasteiger partial charge in [-0.2, -0.15) is 8.42 Å². The van der Waals surface area contributed by atoms with Crippen molar-refractivity contribution < 1.29 is 17.5 Å². The van der Waals surface area contributed by atoms with Gasteiger partial charge in [-0.15, -0.1) is 0 Å². The van der Waals surface area contributed by atoms with Crippen LogP contribution in [0.25, 0.3) is 0 Å². The molecule has 5 nitrogen and oxygen atoms in total. The first kappa shape index (κ1) is 14.5. The zero-order chi connectivity index (χ0) is 14.8. The third-order valence-corrected chi connectivity index (χ3v) is 3.88. The summed E-state index contributed by atoms with van der Waals surface area (Å²) < 4.78 is 28.4. The zero-order valence-electron chi connectivity index (χ0n) is 10.4. The molecule has 2 rings (SSSR count). The van der Waals surface area contributed by atoms with Gasteiger partial charge in [0, 0.05) is 5.02 Å². The zero-order valence-corrected chi connectivity index (χ0v) is 12.0. The highest BCUT2D eigenvalue weighted by Crippen LogP contribution is 2.17. The Morgan fingerprint density at radius 3 is 2.40 bits per heavy atom. The minimum absolute atomic E-state index is 0.0521. The van der Waals surface area contributed by atoms with Crippen LogP contribution in [0.15, 0.2) is 58.1 Å². The summed E-state index contributed by atoms with van der Waals surface area (Å²) in [7, 11) is -4.01. The number of oxime groups is 1. The van der Waals surface area contributed by atoms with Gasteiger partial charge in [0.15, 0.2) is 5.78 Å². The van der Waals surface area contributed by atoms with Crippen molar-refractivity contribution in [3.8, 4) is 0 Å². The second kappa shape index (κ2) is 5.60. The van der Waals surface area contributed by atoms with Crippen LogP contribution in [0.4, 0.5) is 0 Å². The maximum absolute atomic E-state index is 11.9. The number of halogens is 1. The first-order valence-corrected chi connectivity index (χ1v) is 7.35. The van der Waals surface area contributed by atoms with E-state index >= 15 is 0 Å². The number of benzene rings is 1. The van der Waals surface area contributed by atoms with E-state index in [0.29, 0.717) is 10.6 Å². The average Bonchev–Trinajstić information content (AvgIpc) is 2.38. The van der Waals surface area contributed by atoms with E-state index in [1.807, 2.05) is 0 Å². The van der Waals surface area contributed by atoms with E-state index in [-0.39, 0.29) is 16.4 Å². The molecule has 1 aromatic rings. The van der Waals surface area contributed by atoms with Gasteiger partial charge in [0.25, 0.3) is 0 Å². The summed E-state index contributed by atoms with van der Waals surface area (Å²) >= 11 is 5.68. The highest BCUT2D eigenvalue weighted by atomic mass is 35.5. The summed E-state index contributed by atoms with van der Waals surface area (Å²) in [5, 5.41) is 3.98. The Hall–Kier alpha value is -1.92. The van der Waals surface area contributed by atoms with Gasteiger partial charge in [0.05, 0.1) is 0 Å². The molecular weight excluding hydrogens is 302 g/mol. The molecule has 0 heterocycles. The van der Waals surface area contributed by atoms with Crippen LogP contribution in [0.2, 0.25) is 5.02 Å². The Labute approximate surface area is 121 Å². The van der Waals surface area contributed by atoms with Gasteiger partial charge >= 0.3 is 10.1 Å². The summed E-state index contributed by atoms with van der Waals surface area (Å²) in [6.45, 7) is 1.64. The van der Waals surface area contributed by atoms with Crippen molar-refractivity contribution in [3.63, 3.8) is 0 Å². The lowest BCUT2D eigenvalue weighted by Gasteiger charge is -2.06. The Morgan fingerprint density at radius 2 is 1.80 bits per heavy atom. The molecule has 0 aliphatic heterocycles. The molecule has 0 N–H and O–H groups in total. The summed E-state index contributed by atoms with van der Waals surface area (Å²) in [4.78, 5) is 11.0. The van der Waals surface area contributed by atoms with Gasteiger partial charge in [0.2, 0.25) is 0 Å². The monoisotopic (exact) mass is 311 g/mol. The molecular formula is C13H10ClNO4S. The van der Waals surface area contributed by atoms with E-state index in [0.717, 1.165) is 0 Å². The number of allylic oxidation sites excluding steroid dienone is 4. The van der Waals surface area contributed by atoms with Gasteiger partial charge < -0.3 is 0 Å². The van der Waals surface area contributed by atoms with E-state index < -0.39 is 10.1 Å². The fourth-order valence-corrected chi connectivity index (χ4v) is 2.32. The third-order valence-electron chi connectivity index (χ3n) is 2.50. The fraction of sp³-hybridized carbons (Fsp3) is 0.0769. The van der Waals surface area contributed by atoms with E-state index in [1.54, 1.807) is 6.92 Å². The molecule has 0 amide bonds. The lowest BCUT2D eigenvalue weighted by Crippen LogP contribution is -2.09. The quantitative estimate of drug-likeness (QED) is 0.635. The Morgan fingerprint density at radius 1 is 1.15 bits per heavy atom. The van der Waals surface area contributed by atoms with Crippen LogP contribution in [-0.2, 0) is 19.2 Å². The fourth-order valence-electron chi connectivity index (χ4n) is 1.46. The maximum Gasteiger partial charge on any atom is 0.358 e. The van der Waals surface area contributed by atoms with Crippen LogP contribution in [0.1, 0.15) is 6.92 Å². The number of nitrogens with zero attached hydrogens (tertiary/aromatic N) is 1. The van der Waals surface area contributed by atoms with Crippen molar-refractivity contribution >= 4 is 33.2 Å². The minimum atomic E-state index is -4.01. The van der Waals surface area contributed by atoms with E-state index in [2.05, 4.69) is 9.44 Å². The molecule has 1 aliphatic carbocycles.